The first-order chi connectivity index (χ1) is 11.2. The van der Waals surface area contributed by atoms with E-state index in [1.807, 2.05) is 0 Å². The van der Waals surface area contributed by atoms with Crippen molar-refractivity contribution in [3.63, 3.8) is 0 Å². The highest BCUT2D eigenvalue weighted by Gasteiger charge is 2.34. The third-order valence-corrected chi connectivity index (χ3v) is 4.48. The van der Waals surface area contributed by atoms with Gasteiger partial charge in [-0.2, -0.15) is 0 Å². The van der Waals surface area contributed by atoms with Gasteiger partial charge in [0.25, 0.3) is 5.91 Å². The standard InChI is InChI=1S/C14H17N3O6S/c1-16-7-11(13(20)17(14(16)21)8-12(18)19)15-24(22,23)9-10-5-3-2-4-6-10/h2-7,14-15,21H,8-9H2,1H3,(H,18,19). The molecule has 0 aliphatic carbocycles. The normalized spacial score (nSPS) is 18.3. The van der Waals surface area contributed by atoms with Crippen molar-refractivity contribution >= 4 is 21.9 Å². The van der Waals surface area contributed by atoms with Crippen LogP contribution in [0.4, 0.5) is 0 Å². The van der Waals surface area contributed by atoms with E-state index in [-0.39, 0.29) is 11.4 Å². The molecule has 1 amide bonds. The maximum Gasteiger partial charge on any atom is 0.323 e. The van der Waals surface area contributed by atoms with Gasteiger partial charge in [0, 0.05) is 13.2 Å². The Morgan fingerprint density at radius 2 is 1.92 bits per heavy atom. The summed E-state index contributed by atoms with van der Waals surface area (Å²) in [7, 11) is -2.50. The zero-order valence-electron chi connectivity index (χ0n) is 12.8. The predicted octanol–water partition coefficient (Wildman–Crippen LogP) is -0.918. The molecule has 0 saturated carbocycles. The first-order valence-corrected chi connectivity index (χ1v) is 8.54. The Hall–Kier alpha value is -2.59. The number of benzene rings is 1. The van der Waals surface area contributed by atoms with Gasteiger partial charge in [-0.3, -0.25) is 19.2 Å². The number of hydrogen-bond acceptors (Lipinski definition) is 6. The second kappa shape index (κ2) is 6.89. The maximum atomic E-state index is 12.2. The lowest BCUT2D eigenvalue weighted by molar-refractivity contribution is -0.161. The number of aliphatic hydroxyl groups is 1. The quantitative estimate of drug-likeness (QED) is 0.602. The van der Waals surface area contributed by atoms with E-state index in [4.69, 9.17) is 5.11 Å². The van der Waals surface area contributed by atoms with Gasteiger partial charge in [0.2, 0.25) is 16.4 Å². The van der Waals surface area contributed by atoms with E-state index < -0.39 is 34.8 Å². The Labute approximate surface area is 138 Å². The lowest BCUT2D eigenvalue weighted by Crippen LogP contribution is -2.55. The van der Waals surface area contributed by atoms with Gasteiger partial charge in [-0.25, -0.2) is 8.42 Å². The molecule has 1 aliphatic heterocycles. The summed E-state index contributed by atoms with van der Waals surface area (Å²) in [5.74, 6) is -2.59. The maximum absolute atomic E-state index is 12.2. The number of carboxylic acid groups (broad SMARTS) is 1. The van der Waals surface area contributed by atoms with E-state index in [0.29, 0.717) is 10.5 Å². The van der Waals surface area contributed by atoms with Gasteiger partial charge in [-0.05, 0) is 5.56 Å². The van der Waals surface area contributed by atoms with Crippen molar-refractivity contribution in [2.24, 2.45) is 0 Å². The number of aliphatic hydroxyl groups excluding tert-OH is 1. The number of carbonyl (C=O) groups is 2. The molecule has 2 rings (SSSR count). The molecule has 0 saturated heterocycles. The Morgan fingerprint density at radius 1 is 1.29 bits per heavy atom. The third-order valence-electron chi connectivity index (χ3n) is 3.24. The number of nitrogens with zero attached hydrogens (tertiary/aromatic N) is 2. The fourth-order valence-electron chi connectivity index (χ4n) is 2.17. The molecule has 0 bridgehead atoms. The lowest BCUT2D eigenvalue weighted by atomic mass is 10.2. The predicted molar refractivity (Wildman–Crippen MR) is 83.4 cm³/mol. The highest BCUT2D eigenvalue weighted by molar-refractivity contribution is 7.88. The minimum absolute atomic E-state index is 0.333. The summed E-state index contributed by atoms with van der Waals surface area (Å²) in [4.78, 5) is 24.8. The summed E-state index contributed by atoms with van der Waals surface area (Å²) < 4.78 is 26.6. The number of carbonyl (C=O) groups excluding carboxylic acids is 1. The Kier molecular flexibility index (Phi) is 5.10. The highest BCUT2D eigenvalue weighted by atomic mass is 32.2. The summed E-state index contributed by atoms with van der Waals surface area (Å²) in [6, 6.07) is 8.38. The summed E-state index contributed by atoms with van der Waals surface area (Å²) in [5, 5.41) is 18.7. The Balaban J connectivity index is 2.19. The Bertz CT molecular complexity index is 762. The largest absolute Gasteiger partial charge is 0.480 e. The smallest absolute Gasteiger partial charge is 0.323 e. The minimum atomic E-state index is -3.88. The molecule has 1 aliphatic rings. The van der Waals surface area contributed by atoms with Crippen molar-refractivity contribution in [2.75, 3.05) is 13.6 Å². The lowest BCUT2D eigenvalue weighted by Gasteiger charge is -2.37. The van der Waals surface area contributed by atoms with Gasteiger partial charge in [0.05, 0.1) is 5.75 Å². The molecule has 0 radical (unpaired) electrons. The van der Waals surface area contributed by atoms with Crippen molar-refractivity contribution in [1.82, 2.24) is 14.5 Å². The Morgan fingerprint density at radius 3 is 2.50 bits per heavy atom. The van der Waals surface area contributed by atoms with Crippen LogP contribution in [-0.4, -0.2) is 60.3 Å². The molecule has 3 N–H and O–H groups in total. The van der Waals surface area contributed by atoms with Crippen LogP contribution in [0.5, 0.6) is 0 Å². The number of rotatable bonds is 6. The fraction of sp³-hybridized carbons (Fsp3) is 0.286. The topological polar surface area (TPSA) is 127 Å². The van der Waals surface area contributed by atoms with Crippen molar-refractivity contribution in [1.29, 1.82) is 0 Å². The molecule has 1 aromatic rings. The molecule has 1 aromatic carbocycles. The van der Waals surface area contributed by atoms with Crippen LogP contribution < -0.4 is 4.72 Å². The molecule has 0 spiro atoms. The van der Waals surface area contributed by atoms with Crippen molar-refractivity contribution in [3.05, 3.63) is 47.8 Å². The van der Waals surface area contributed by atoms with E-state index in [1.54, 1.807) is 30.3 Å². The highest BCUT2D eigenvalue weighted by Crippen LogP contribution is 2.16. The second-order valence-corrected chi connectivity index (χ2v) is 6.95. The number of carboxylic acids is 1. The van der Waals surface area contributed by atoms with E-state index in [0.717, 1.165) is 11.1 Å². The number of amides is 1. The molecule has 130 valence electrons. The number of nitrogens with one attached hydrogen (secondary N) is 1. The molecule has 10 heteroatoms. The SMILES string of the molecule is CN1C=C(NS(=O)(=O)Cc2ccccc2)C(=O)N(CC(=O)O)C1O. The van der Waals surface area contributed by atoms with Crippen LogP contribution in [-0.2, 0) is 25.4 Å². The fourth-order valence-corrected chi connectivity index (χ4v) is 3.35. The molecule has 1 unspecified atom stereocenters. The molecular formula is C14H17N3O6S. The van der Waals surface area contributed by atoms with E-state index in [1.165, 1.54) is 7.05 Å². The van der Waals surface area contributed by atoms with Crippen molar-refractivity contribution in [2.45, 2.75) is 12.1 Å². The number of aliphatic carboxylic acids is 1. The summed E-state index contributed by atoms with van der Waals surface area (Å²) >= 11 is 0. The first-order valence-electron chi connectivity index (χ1n) is 6.88. The van der Waals surface area contributed by atoms with Gasteiger partial charge < -0.3 is 15.1 Å². The van der Waals surface area contributed by atoms with Crippen LogP contribution in [0.2, 0.25) is 0 Å². The van der Waals surface area contributed by atoms with Gasteiger partial charge >= 0.3 is 5.97 Å². The van der Waals surface area contributed by atoms with Gasteiger partial charge in [0.15, 0.2) is 0 Å². The number of sulfonamides is 1. The zero-order chi connectivity index (χ0) is 17.9. The average Bonchev–Trinajstić information content (AvgIpc) is 2.49. The average molecular weight is 355 g/mol. The van der Waals surface area contributed by atoms with Gasteiger partial charge in [-0.1, -0.05) is 30.3 Å². The van der Waals surface area contributed by atoms with Crippen LogP contribution in [0.3, 0.4) is 0 Å². The minimum Gasteiger partial charge on any atom is -0.480 e. The van der Waals surface area contributed by atoms with Crippen LogP contribution >= 0.6 is 0 Å². The second-order valence-electron chi connectivity index (χ2n) is 5.23. The third kappa shape index (κ3) is 4.24. The summed E-state index contributed by atoms with van der Waals surface area (Å²) in [6.07, 6.45) is -0.371. The number of hydrogen-bond donors (Lipinski definition) is 3. The monoisotopic (exact) mass is 355 g/mol. The first kappa shape index (κ1) is 17.8. The van der Waals surface area contributed by atoms with Crippen molar-refractivity contribution in [3.8, 4) is 0 Å². The van der Waals surface area contributed by atoms with Gasteiger partial charge in [-0.15, -0.1) is 0 Å². The van der Waals surface area contributed by atoms with Crippen LogP contribution in [0, 0.1) is 0 Å². The summed E-state index contributed by atoms with van der Waals surface area (Å²) in [5.41, 5.74) is 0.199. The van der Waals surface area contributed by atoms with E-state index in [2.05, 4.69) is 4.72 Å². The summed E-state index contributed by atoms with van der Waals surface area (Å²) in [6.45, 7) is -0.762. The van der Waals surface area contributed by atoms with Crippen LogP contribution in [0.15, 0.2) is 42.2 Å². The molecule has 0 fully saturated rings. The molecule has 0 aromatic heterocycles. The zero-order valence-corrected chi connectivity index (χ0v) is 13.6. The molecular weight excluding hydrogens is 338 g/mol. The molecule has 1 heterocycles. The molecule has 9 nitrogen and oxygen atoms in total. The van der Waals surface area contributed by atoms with Crippen LogP contribution in [0.25, 0.3) is 0 Å². The van der Waals surface area contributed by atoms with E-state index in [9.17, 15) is 23.1 Å². The molecule has 1 atom stereocenters. The van der Waals surface area contributed by atoms with Gasteiger partial charge in [0.1, 0.15) is 12.2 Å². The molecule has 24 heavy (non-hydrogen) atoms. The van der Waals surface area contributed by atoms with Crippen LogP contribution in [0.1, 0.15) is 5.56 Å². The van der Waals surface area contributed by atoms with E-state index >= 15 is 0 Å². The van der Waals surface area contributed by atoms with Crippen molar-refractivity contribution < 1.29 is 28.2 Å².